The molecule has 0 saturated heterocycles. The van der Waals surface area contributed by atoms with Crippen molar-refractivity contribution in [1.29, 1.82) is 0 Å². The van der Waals surface area contributed by atoms with Crippen LogP contribution >= 0.6 is 19.3 Å². The maximum absolute atomic E-state index is 10.8. The summed E-state index contributed by atoms with van der Waals surface area (Å²) in [5.74, 6) is 1.02. The maximum atomic E-state index is 10.8. The zero-order valence-corrected chi connectivity index (χ0v) is 17.1. The van der Waals surface area contributed by atoms with Crippen LogP contribution in [0.5, 0.6) is 5.75 Å². The molecule has 0 aliphatic heterocycles. The Hall–Kier alpha value is -2.42. The normalized spacial score (nSPS) is 11.9. The number of fused-ring (bicyclic) bond motifs is 2. The molecule has 0 bridgehead atoms. The predicted octanol–water partition coefficient (Wildman–Crippen LogP) is 3.66. The van der Waals surface area contributed by atoms with Crippen LogP contribution in [0, 0.1) is 0 Å². The second-order valence-corrected chi connectivity index (χ2v) is 8.95. The summed E-state index contributed by atoms with van der Waals surface area (Å²) in [6.45, 7) is 0. The first-order valence-corrected chi connectivity index (χ1v) is 10.7. The molecule has 2 aromatic carbocycles. The average Bonchev–Trinajstić information content (AvgIpc) is 3.20. The van der Waals surface area contributed by atoms with Gasteiger partial charge < -0.3 is 10.1 Å². The van der Waals surface area contributed by atoms with E-state index in [0.717, 1.165) is 15.9 Å². The molecule has 0 amide bonds. The topological polar surface area (TPSA) is 98.6 Å². The highest BCUT2D eigenvalue weighted by atomic mass is 32.1. The summed E-state index contributed by atoms with van der Waals surface area (Å²) in [6.07, 6.45) is 1.47. The lowest BCUT2D eigenvalue weighted by Gasteiger charge is -2.16. The first kappa shape index (κ1) is 18.9. The molecule has 144 valence electrons. The number of methoxy groups -OCH3 is 1. The van der Waals surface area contributed by atoms with Crippen molar-refractivity contribution in [3.63, 3.8) is 0 Å². The molecule has 10 heteroatoms. The molecule has 2 heterocycles. The van der Waals surface area contributed by atoms with Gasteiger partial charge in [-0.15, -0.1) is 11.3 Å². The lowest BCUT2D eigenvalue weighted by molar-refractivity contribution is 0.252. The minimum atomic E-state index is -3.29. The van der Waals surface area contributed by atoms with Gasteiger partial charge in [0, 0.05) is 23.2 Å². The molecule has 28 heavy (non-hydrogen) atoms. The van der Waals surface area contributed by atoms with E-state index >= 15 is 0 Å². The van der Waals surface area contributed by atoms with E-state index in [1.54, 1.807) is 23.5 Å². The van der Waals surface area contributed by atoms with Crippen molar-refractivity contribution < 1.29 is 18.7 Å². The number of benzene rings is 2. The summed E-state index contributed by atoms with van der Waals surface area (Å²) >= 11 is 1.59. The third-order valence-corrected chi connectivity index (χ3v) is 7.09. The summed E-state index contributed by atoms with van der Waals surface area (Å²) in [6, 6.07) is 9.39. The number of ether oxygens (including phenoxy) is 1. The Bertz CT molecular complexity index is 1150. The van der Waals surface area contributed by atoms with Gasteiger partial charge >= 0.3 is 7.94 Å². The largest absolute Gasteiger partial charge is 0.492 e. The van der Waals surface area contributed by atoms with Crippen LogP contribution in [0.3, 0.4) is 0 Å². The SMILES string of the molecule is COc1cc2ncnc(Nc3ccc4scnc4c3)c2cc1[P+](O)(OC)OC. The quantitative estimate of drug-likeness (QED) is 0.459. The van der Waals surface area contributed by atoms with Crippen LogP contribution in [0.25, 0.3) is 21.1 Å². The summed E-state index contributed by atoms with van der Waals surface area (Å²) in [5, 5.41) is 4.42. The highest BCUT2D eigenvalue weighted by Crippen LogP contribution is 2.56. The smallest absolute Gasteiger partial charge is 0.449 e. The Morgan fingerprint density at radius 2 is 1.82 bits per heavy atom. The van der Waals surface area contributed by atoms with E-state index in [1.165, 1.54) is 27.7 Å². The Labute approximate surface area is 165 Å². The molecule has 0 fully saturated rings. The number of hydrogen-bond donors (Lipinski definition) is 2. The fourth-order valence-corrected chi connectivity index (χ4v) is 4.83. The van der Waals surface area contributed by atoms with Crippen LogP contribution < -0.4 is 15.4 Å². The maximum Gasteiger partial charge on any atom is 0.449 e. The van der Waals surface area contributed by atoms with E-state index in [-0.39, 0.29) is 0 Å². The number of rotatable bonds is 6. The van der Waals surface area contributed by atoms with Crippen LogP contribution in [0.15, 0.2) is 42.2 Å². The van der Waals surface area contributed by atoms with Crippen LogP contribution in [0.4, 0.5) is 11.5 Å². The molecule has 8 nitrogen and oxygen atoms in total. The van der Waals surface area contributed by atoms with Gasteiger partial charge in [0.15, 0.2) is 5.75 Å². The van der Waals surface area contributed by atoms with E-state index in [1.807, 2.05) is 23.7 Å². The molecular formula is C18H18N4O4PS+. The molecular weight excluding hydrogens is 399 g/mol. The summed E-state index contributed by atoms with van der Waals surface area (Å²) in [4.78, 5) is 23.8. The predicted molar refractivity (Wildman–Crippen MR) is 112 cm³/mol. The Morgan fingerprint density at radius 1 is 1.00 bits per heavy atom. The molecule has 4 rings (SSSR count). The summed E-state index contributed by atoms with van der Waals surface area (Å²) in [7, 11) is 1.02. The van der Waals surface area contributed by atoms with Crippen molar-refractivity contribution in [2.75, 3.05) is 26.6 Å². The Morgan fingerprint density at radius 3 is 2.57 bits per heavy atom. The number of thiazole rings is 1. The van der Waals surface area contributed by atoms with E-state index in [4.69, 9.17) is 13.8 Å². The van der Waals surface area contributed by atoms with Crippen molar-refractivity contribution in [3.8, 4) is 5.75 Å². The number of aromatic nitrogens is 3. The van der Waals surface area contributed by atoms with Gasteiger partial charge in [-0.1, -0.05) is 0 Å². The van der Waals surface area contributed by atoms with Crippen LogP contribution in [-0.2, 0) is 9.05 Å². The van der Waals surface area contributed by atoms with Crippen molar-refractivity contribution in [2.24, 2.45) is 0 Å². The standard InChI is InChI=1S/C18H18N4O4PS/c1-24-15-8-13-12(7-16(15)27(23,25-2)26-3)18(20-9-19-13)22-11-4-5-17-14(6-11)21-10-28-17/h4-10,23H,1-3H3,(H,19,20,22)/q+1. The van der Waals surface area contributed by atoms with Gasteiger partial charge in [0.2, 0.25) is 5.30 Å². The minimum absolute atomic E-state index is 0.417. The third-order valence-electron chi connectivity index (χ3n) is 4.33. The molecule has 0 aliphatic carbocycles. The first-order chi connectivity index (χ1) is 13.6. The fourth-order valence-electron chi connectivity index (χ4n) is 2.90. The third kappa shape index (κ3) is 3.28. The van der Waals surface area contributed by atoms with Gasteiger partial charge in [-0.3, -0.25) is 0 Å². The number of nitrogens with zero attached hydrogens (tertiary/aromatic N) is 3. The van der Waals surface area contributed by atoms with Crippen molar-refractivity contribution in [3.05, 3.63) is 42.2 Å². The summed E-state index contributed by atoms with van der Waals surface area (Å²) in [5.41, 5.74) is 4.23. The molecule has 0 spiro atoms. The first-order valence-electron chi connectivity index (χ1n) is 8.25. The molecule has 0 unspecified atom stereocenters. The van der Waals surface area contributed by atoms with E-state index in [9.17, 15) is 4.89 Å². The molecule has 2 aromatic heterocycles. The second kappa shape index (κ2) is 7.54. The lowest BCUT2D eigenvalue weighted by atomic mass is 10.2. The zero-order valence-electron chi connectivity index (χ0n) is 15.4. The van der Waals surface area contributed by atoms with E-state index in [2.05, 4.69) is 20.3 Å². The van der Waals surface area contributed by atoms with Gasteiger partial charge in [0.25, 0.3) is 0 Å². The molecule has 2 N–H and O–H groups in total. The van der Waals surface area contributed by atoms with Gasteiger partial charge in [0.1, 0.15) is 12.1 Å². The van der Waals surface area contributed by atoms with E-state index in [0.29, 0.717) is 27.8 Å². The second-order valence-electron chi connectivity index (χ2n) is 5.81. The van der Waals surface area contributed by atoms with Crippen LogP contribution in [0.2, 0.25) is 0 Å². The Balaban J connectivity index is 1.84. The van der Waals surface area contributed by atoms with Crippen molar-refractivity contribution in [2.45, 2.75) is 0 Å². The lowest BCUT2D eigenvalue weighted by Crippen LogP contribution is -2.17. The minimum Gasteiger partial charge on any atom is -0.492 e. The van der Waals surface area contributed by atoms with E-state index < -0.39 is 7.94 Å². The Kier molecular flexibility index (Phi) is 5.09. The highest BCUT2D eigenvalue weighted by Gasteiger charge is 2.45. The number of anilines is 2. The van der Waals surface area contributed by atoms with Crippen LogP contribution in [0.1, 0.15) is 0 Å². The molecule has 0 atom stereocenters. The van der Waals surface area contributed by atoms with Gasteiger partial charge in [-0.2, -0.15) is 13.9 Å². The highest BCUT2D eigenvalue weighted by molar-refractivity contribution is 7.68. The average molecular weight is 417 g/mol. The summed E-state index contributed by atoms with van der Waals surface area (Å²) < 4.78 is 17.0. The van der Waals surface area contributed by atoms with Crippen molar-refractivity contribution >= 4 is 57.2 Å². The fraction of sp³-hybridized carbons (Fsp3) is 0.167. The molecule has 4 aromatic rings. The van der Waals surface area contributed by atoms with Crippen molar-refractivity contribution in [1.82, 2.24) is 15.0 Å². The van der Waals surface area contributed by atoms with Gasteiger partial charge in [-0.25, -0.2) is 15.0 Å². The monoisotopic (exact) mass is 417 g/mol. The molecule has 0 radical (unpaired) electrons. The van der Waals surface area contributed by atoms with Gasteiger partial charge in [-0.05, 0) is 18.2 Å². The van der Waals surface area contributed by atoms with Gasteiger partial charge in [0.05, 0.1) is 42.6 Å². The number of hydrogen-bond acceptors (Lipinski definition) is 9. The number of nitrogens with one attached hydrogen (secondary N) is 1. The molecule has 0 saturated carbocycles. The van der Waals surface area contributed by atoms with Crippen LogP contribution in [-0.4, -0.2) is 41.2 Å². The zero-order chi connectivity index (χ0) is 19.7. The molecule has 0 aliphatic rings.